The van der Waals surface area contributed by atoms with Gasteiger partial charge in [-0.25, -0.2) is 0 Å². The van der Waals surface area contributed by atoms with Gasteiger partial charge in [-0.3, -0.25) is 9.59 Å². The highest BCUT2D eigenvalue weighted by molar-refractivity contribution is 7.99. The van der Waals surface area contributed by atoms with E-state index in [2.05, 4.69) is 13.8 Å². The van der Waals surface area contributed by atoms with Crippen LogP contribution in [0.3, 0.4) is 0 Å². The largest absolute Gasteiger partial charge is 0.466 e. The van der Waals surface area contributed by atoms with Crippen molar-refractivity contribution in [2.24, 2.45) is 11.8 Å². The molecule has 1 rings (SSSR count). The zero-order valence-electron chi connectivity index (χ0n) is 21.3. The number of carbonyl (C=O) groups is 2. The van der Waals surface area contributed by atoms with Gasteiger partial charge in [0.2, 0.25) is 0 Å². The lowest BCUT2D eigenvalue weighted by Gasteiger charge is -2.18. The van der Waals surface area contributed by atoms with Crippen molar-refractivity contribution in [1.29, 1.82) is 0 Å². The van der Waals surface area contributed by atoms with Crippen LogP contribution in [0.25, 0.3) is 0 Å². The van der Waals surface area contributed by atoms with Gasteiger partial charge in [0.15, 0.2) is 6.29 Å². The van der Waals surface area contributed by atoms with Crippen LogP contribution in [-0.4, -0.2) is 56.2 Å². The molecule has 0 radical (unpaired) electrons. The normalized spacial score (nSPS) is 15.2. The third-order valence-corrected chi connectivity index (χ3v) is 6.82. The number of thioether (sulfide) groups is 1. The summed E-state index contributed by atoms with van der Waals surface area (Å²) in [4.78, 5) is 23.7. The third kappa shape index (κ3) is 17.3. The summed E-state index contributed by atoms with van der Waals surface area (Å²) in [6, 6.07) is 0. The van der Waals surface area contributed by atoms with Crippen molar-refractivity contribution in [1.82, 2.24) is 0 Å². The van der Waals surface area contributed by atoms with E-state index in [1.54, 1.807) is 0 Å². The van der Waals surface area contributed by atoms with Crippen LogP contribution in [0.2, 0.25) is 0 Å². The molecule has 1 unspecified atom stereocenters. The lowest BCUT2D eigenvalue weighted by atomic mass is 10.1. The quantitative estimate of drug-likeness (QED) is 0.142. The first-order chi connectivity index (χ1) is 16.0. The van der Waals surface area contributed by atoms with Crippen molar-refractivity contribution in [2.45, 2.75) is 104 Å². The number of carbonyl (C=O) groups excluding carboxylic acids is 2. The molecule has 0 bridgehead atoms. The first kappa shape index (κ1) is 30.2. The lowest BCUT2D eigenvalue weighted by molar-refractivity contribution is -0.150. The molecule has 0 spiro atoms. The predicted octanol–water partition coefficient (Wildman–Crippen LogP) is 6.15. The van der Waals surface area contributed by atoms with Gasteiger partial charge in [-0.05, 0) is 31.4 Å². The fraction of sp³-hybridized carbons (Fsp3) is 0.923. The second-order valence-electron chi connectivity index (χ2n) is 9.29. The Morgan fingerprint density at radius 2 is 1.45 bits per heavy atom. The monoisotopic (exact) mass is 488 g/mol. The molecule has 0 aliphatic carbocycles. The van der Waals surface area contributed by atoms with E-state index >= 15 is 0 Å². The predicted molar refractivity (Wildman–Crippen MR) is 134 cm³/mol. The van der Waals surface area contributed by atoms with E-state index in [0.717, 1.165) is 24.3 Å². The highest BCUT2D eigenvalue weighted by Crippen LogP contribution is 2.22. The molecule has 1 aliphatic rings. The Balaban J connectivity index is 1.90. The molecule has 6 nitrogen and oxygen atoms in total. The first-order valence-corrected chi connectivity index (χ1v) is 14.3. The van der Waals surface area contributed by atoms with Crippen LogP contribution < -0.4 is 0 Å². The molecule has 0 amide bonds. The Kier molecular flexibility index (Phi) is 18.9. The van der Waals surface area contributed by atoms with Gasteiger partial charge in [0.05, 0.1) is 32.3 Å². The molecule has 1 saturated heterocycles. The molecule has 0 aromatic heterocycles. The molecule has 7 heteroatoms. The molecule has 194 valence electrons. The van der Waals surface area contributed by atoms with E-state index in [9.17, 15) is 9.59 Å². The second kappa shape index (κ2) is 20.6. The van der Waals surface area contributed by atoms with Crippen LogP contribution in [0.15, 0.2) is 0 Å². The summed E-state index contributed by atoms with van der Waals surface area (Å²) in [6.07, 6.45) is 13.1. The van der Waals surface area contributed by atoms with Gasteiger partial charge in [-0.1, -0.05) is 65.2 Å². The number of esters is 2. The molecule has 1 fully saturated rings. The SMILES string of the molecule is CCOC(=O)C(CSCCCCCCCCCCCCC(=O)OCC(C)C)CC1OCCO1. The molecule has 0 aromatic carbocycles. The smallest absolute Gasteiger partial charge is 0.309 e. The minimum atomic E-state index is -0.258. The highest BCUT2D eigenvalue weighted by Gasteiger charge is 2.27. The molecule has 1 aliphatic heterocycles. The van der Waals surface area contributed by atoms with Gasteiger partial charge < -0.3 is 18.9 Å². The molecule has 1 heterocycles. The average Bonchev–Trinajstić information content (AvgIpc) is 3.30. The van der Waals surface area contributed by atoms with Gasteiger partial charge >= 0.3 is 11.9 Å². The van der Waals surface area contributed by atoms with Crippen LogP contribution in [0.5, 0.6) is 0 Å². The molecule has 1 atom stereocenters. The summed E-state index contributed by atoms with van der Waals surface area (Å²) < 4.78 is 21.4. The zero-order valence-corrected chi connectivity index (χ0v) is 22.1. The summed E-state index contributed by atoms with van der Waals surface area (Å²) in [5, 5.41) is 0. The molecule has 0 aromatic rings. The van der Waals surface area contributed by atoms with Crippen molar-refractivity contribution in [2.75, 3.05) is 37.9 Å². The Bertz CT molecular complexity index is 493. The van der Waals surface area contributed by atoms with Crippen molar-refractivity contribution in [3.63, 3.8) is 0 Å². The lowest BCUT2D eigenvalue weighted by Crippen LogP contribution is -2.25. The maximum absolute atomic E-state index is 12.2. The van der Waals surface area contributed by atoms with Crippen molar-refractivity contribution in [3.8, 4) is 0 Å². The van der Waals surface area contributed by atoms with Crippen molar-refractivity contribution >= 4 is 23.7 Å². The van der Waals surface area contributed by atoms with Crippen LogP contribution in [-0.2, 0) is 28.5 Å². The van der Waals surface area contributed by atoms with Gasteiger partial charge in [0.25, 0.3) is 0 Å². The van der Waals surface area contributed by atoms with Gasteiger partial charge in [0, 0.05) is 18.6 Å². The Hall–Kier alpha value is -0.790. The van der Waals surface area contributed by atoms with Crippen LogP contribution in [0.4, 0.5) is 0 Å². The average molecular weight is 489 g/mol. The zero-order chi connectivity index (χ0) is 24.2. The number of ether oxygens (including phenoxy) is 4. The van der Waals surface area contributed by atoms with E-state index in [1.807, 2.05) is 18.7 Å². The van der Waals surface area contributed by atoms with Gasteiger partial charge in [-0.15, -0.1) is 0 Å². The minimum Gasteiger partial charge on any atom is -0.466 e. The van der Waals surface area contributed by atoms with E-state index < -0.39 is 0 Å². The molecular weight excluding hydrogens is 440 g/mol. The van der Waals surface area contributed by atoms with E-state index in [4.69, 9.17) is 18.9 Å². The standard InChI is InChI=1S/C26H48O6S/c1-4-29-26(28)23(19-25-30-16-17-31-25)21-33-18-14-12-10-8-6-5-7-9-11-13-15-24(27)32-20-22(2)3/h22-23,25H,4-21H2,1-3H3. The van der Waals surface area contributed by atoms with Crippen LogP contribution >= 0.6 is 11.8 Å². The summed E-state index contributed by atoms with van der Waals surface area (Å²) in [5.41, 5.74) is 0. The molecule has 0 N–H and O–H groups in total. The maximum Gasteiger partial charge on any atom is 0.309 e. The van der Waals surface area contributed by atoms with Crippen LogP contribution in [0.1, 0.15) is 97.8 Å². The molecular formula is C26H48O6S. The fourth-order valence-corrected chi connectivity index (χ4v) is 4.84. The van der Waals surface area contributed by atoms with E-state index in [0.29, 0.717) is 45.2 Å². The first-order valence-electron chi connectivity index (χ1n) is 13.2. The number of hydrogen-bond acceptors (Lipinski definition) is 7. The second-order valence-corrected chi connectivity index (χ2v) is 10.4. The van der Waals surface area contributed by atoms with E-state index in [-0.39, 0.29) is 24.1 Å². The fourth-order valence-electron chi connectivity index (χ4n) is 3.71. The van der Waals surface area contributed by atoms with Gasteiger partial charge in [0.1, 0.15) is 0 Å². The molecule has 33 heavy (non-hydrogen) atoms. The Morgan fingerprint density at radius 1 is 0.879 bits per heavy atom. The maximum atomic E-state index is 12.2. The van der Waals surface area contributed by atoms with Crippen molar-refractivity contribution in [3.05, 3.63) is 0 Å². The third-order valence-electron chi connectivity index (χ3n) is 5.60. The number of rotatable bonds is 21. The van der Waals surface area contributed by atoms with Crippen LogP contribution in [0, 0.1) is 11.8 Å². The van der Waals surface area contributed by atoms with Gasteiger partial charge in [-0.2, -0.15) is 11.8 Å². The number of unbranched alkanes of at least 4 members (excludes halogenated alkanes) is 9. The summed E-state index contributed by atoms with van der Waals surface area (Å²) >= 11 is 1.84. The minimum absolute atomic E-state index is 0.0462. The Labute approximate surface area is 206 Å². The summed E-state index contributed by atoms with van der Waals surface area (Å²) in [5.74, 6) is 1.95. The summed E-state index contributed by atoms with van der Waals surface area (Å²) in [6.45, 7) is 8.14. The molecule has 0 saturated carbocycles. The topological polar surface area (TPSA) is 71.1 Å². The Morgan fingerprint density at radius 3 is 2.03 bits per heavy atom. The summed E-state index contributed by atoms with van der Waals surface area (Å²) in [7, 11) is 0. The number of hydrogen-bond donors (Lipinski definition) is 0. The highest BCUT2D eigenvalue weighted by atomic mass is 32.2. The van der Waals surface area contributed by atoms with Crippen molar-refractivity contribution < 1.29 is 28.5 Å². The van der Waals surface area contributed by atoms with E-state index in [1.165, 1.54) is 51.4 Å².